The molecule has 25 heavy (non-hydrogen) atoms. The number of hydrogen-bond acceptors (Lipinski definition) is 5. The van der Waals surface area contributed by atoms with Crippen LogP contribution in [0.25, 0.3) is 11.3 Å². The summed E-state index contributed by atoms with van der Waals surface area (Å²) in [5, 5.41) is 9.23. The van der Waals surface area contributed by atoms with Crippen molar-refractivity contribution in [3.63, 3.8) is 0 Å². The lowest BCUT2D eigenvalue weighted by Gasteiger charge is -2.26. The van der Waals surface area contributed by atoms with E-state index < -0.39 is 5.41 Å². The van der Waals surface area contributed by atoms with Crippen molar-refractivity contribution in [1.29, 1.82) is 5.26 Å². The summed E-state index contributed by atoms with van der Waals surface area (Å²) >= 11 is 0. The van der Waals surface area contributed by atoms with Crippen LogP contribution in [0.3, 0.4) is 0 Å². The molecular weight excluding hydrogens is 316 g/mol. The van der Waals surface area contributed by atoms with Gasteiger partial charge in [-0.15, -0.1) is 0 Å². The van der Waals surface area contributed by atoms with Gasteiger partial charge in [-0.2, -0.15) is 5.26 Å². The summed E-state index contributed by atoms with van der Waals surface area (Å²) in [4.78, 5) is 22.9. The Morgan fingerprint density at radius 2 is 1.88 bits per heavy atom. The second-order valence-electron chi connectivity index (χ2n) is 6.51. The van der Waals surface area contributed by atoms with Gasteiger partial charge in [0.05, 0.1) is 42.8 Å². The Bertz CT molecular complexity index is 803. The SMILES string of the molecule is CC(C)(C#N)c1ccc(-c2cncc(C(=O)N3CCOCC3)n2)cc1. The third-order valence-corrected chi connectivity index (χ3v) is 4.33. The molecule has 0 aliphatic carbocycles. The van der Waals surface area contributed by atoms with E-state index in [-0.39, 0.29) is 5.91 Å². The molecule has 1 aliphatic rings. The molecule has 1 aromatic heterocycles. The minimum absolute atomic E-state index is 0.125. The quantitative estimate of drug-likeness (QED) is 0.860. The third kappa shape index (κ3) is 3.67. The van der Waals surface area contributed by atoms with Gasteiger partial charge in [0, 0.05) is 18.7 Å². The first-order valence-corrected chi connectivity index (χ1v) is 8.22. The highest BCUT2D eigenvalue weighted by molar-refractivity contribution is 5.92. The summed E-state index contributed by atoms with van der Waals surface area (Å²) in [5.74, 6) is -0.125. The maximum Gasteiger partial charge on any atom is 0.274 e. The van der Waals surface area contributed by atoms with Crippen molar-refractivity contribution in [2.75, 3.05) is 26.3 Å². The van der Waals surface area contributed by atoms with Crippen LogP contribution in [0.4, 0.5) is 0 Å². The highest BCUT2D eigenvalue weighted by Crippen LogP contribution is 2.25. The monoisotopic (exact) mass is 336 g/mol. The van der Waals surface area contributed by atoms with Crippen molar-refractivity contribution >= 4 is 5.91 Å². The van der Waals surface area contributed by atoms with Crippen LogP contribution < -0.4 is 0 Å². The van der Waals surface area contributed by atoms with E-state index in [0.29, 0.717) is 37.7 Å². The molecule has 1 aliphatic heterocycles. The number of carbonyl (C=O) groups excluding carboxylic acids is 1. The number of amides is 1. The lowest BCUT2D eigenvalue weighted by molar-refractivity contribution is 0.0299. The minimum Gasteiger partial charge on any atom is -0.378 e. The number of ether oxygens (including phenoxy) is 1. The number of rotatable bonds is 3. The molecule has 6 heteroatoms. The molecule has 1 amide bonds. The molecule has 1 aromatic carbocycles. The topological polar surface area (TPSA) is 79.1 Å². The highest BCUT2D eigenvalue weighted by Gasteiger charge is 2.21. The fourth-order valence-corrected chi connectivity index (χ4v) is 2.66. The summed E-state index contributed by atoms with van der Waals surface area (Å²) < 4.78 is 5.27. The average Bonchev–Trinajstić information content (AvgIpc) is 2.68. The largest absolute Gasteiger partial charge is 0.378 e. The van der Waals surface area contributed by atoms with Crippen LogP contribution in [0.2, 0.25) is 0 Å². The molecule has 1 fully saturated rings. The number of morpholine rings is 1. The Morgan fingerprint density at radius 1 is 1.20 bits per heavy atom. The zero-order valence-electron chi connectivity index (χ0n) is 14.4. The first kappa shape index (κ1) is 17.1. The van der Waals surface area contributed by atoms with Gasteiger partial charge in [-0.05, 0) is 19.4 Å². The second kappa shape index (κ2) is 6.99. The molecule has 0 bridgehead atoms. The number of nitriles is 1. The normalized spacial score (nSPS) is 14.8. The molecule has 0 spiro atoms. The Morgan fingerprint density at radius 3 is 2.52 bits per heavy atom. The van der Waals surface area contributed by atoms with E-state index in [1.54, 1.807) is 11.1 Å². The number of benzene rings is 1. The molecule has 0 radical (unpaired) electrons. The van der Waals surface area contributed by atoms with Gasteiger partial charge in [0.25, 0.3) is 5.91 Å². The maximum atomic E-state index is 12.5. The molecule has 2 aromatic rings. The third-order valence-electron chi connectivity index (χ3n) is 4.33. The molecule has 2 heterocycles. The molecule has 1 saturated heterocycles. The van der Waals surface area contributed by atoms with E-state index in [1.807, 2.05) is 38.1 Å². The molecule has 0 saturated carbocycles. The lowest BCUT2D eigenvalue weighted by atomic mass is 9.86. The van der Waals surface area contributed by atoms with Crippen LogP contribution in [-0.2, 0) is 10.2 Å². The molecule has 0 unspecified atom stereocenters. The van der Waals surface area contributed by atoms with E-state index in [9.17, 15) is 10.1 Å². The van der Waals surface area contributed by atoms with Crippen molar-refractivity contribution in [2.45, 2.75) is 19.3 Å². The van der Waals surface area contributed by atoms with Crippen molar-refractivity contribution in [3.8, 4) is 17.3 Å². The summed E-state index contributed by atoms with van der Waals surface area (Å²) in [6, 6.07) is 9.92. The summed E-state index contributed by atoms with van der Waals surface area (Å²) in [7, 11) is 0. The van der Waals surface area contributed by atoms with Gasteiger partial charge < -0.3 is 9.64 Å². The van der Waals surface area contributed by atoms with Gasteiger partial charge >= 0.3 is 0 Å². The van der Waals surface area contributed by atoms with Crippen molar-refractivity contribution < 1.29 is 9.53 Å². The molecular formula is C19H20N4O2. The number of hydrogen-bond donors (Lipinski definition) is 0. The first-order chi connectivity index (χ1) is 12.0. The summed E-state index contributed by atoms with van der Waals surface area (Å²) in [6.45, 7) is 6.00. The van der Waals surface area contributed by atoms with E-state index in [1.165, 1.54) is 6.20 Å². The molecule has 0 atom stereocenters. The zero-order valence-corrected chi connectivity index (χ0v) is 14.4. The van der Waals surface area contributed by atoms with Crippen LogP contribution in [0.15, 0.2) is 36.7 Å². The van der Waals surface area contributed by atoms with E-state index in [0.717, 1.165) is 11.1 Å². The molecule has 6 nitrogen and oxygen atoms in total. The minimum atomic E-state index is -0.543. The highest BCUT2D eigenvalue weighted by atomic mass is 16.5. The summed E-state index contributed by atoms with van der Waals surface area (Å²) in [6.07, 6.45) is 3.13. The zero-order chi connectivity index (χ0) is 17.9. The van der Waals surface area contributed by atoms with Gasteiger partial charge in [-0.25, -0.2) is 4.98 Å². The van der Waals surface area contributed by atoms with E-state index in [4.69, 9.17) is 4.74 Å². The van der Waals surface area contributed by atoms with Gasteiger partial charge in [-0.1, -0.05) is 24.3 Å². The Balaban J connectivity index is 1.84. The number of carbonyl (C=O) groups is 1. The van der Waals surface area contributed by atoms with Gasteiger partial charge in [0.2, 0.25) is 0 Å². The fraction of sp³-hybridized carbons (Fsp3) is 0.368. The predicted molar refractivity (Wildman–Crippen MR) is 92.8 cm³/mol. The van der Waals surface area contributed by atoms with E-state index >= 15 is 0 Å². The molecule has 3 rings (SSSR count). The van der Waals surface area contributed by atoms with Crippen LogP contribution in [-0.4, -0.2) is 47.1 Å². The summed E-state index contributed by atoms with van der Waals surface area (Å²) in [5.41, 5.74) is 2.23. The van der Waals surface area contributed by atoms with Crippen molar-refractivity contribution in [1.82, 2.24) is 14.9 Å². The van der Waals surface area contributed by atoms with Crippen LogP contribution in [0, 0.1) is 11.3 Å². The molecule has 0 N–H and O–H groups in total. The molecule has 128 valence electrons. The Hall–Kier alpha value is -2.78. The first-order valence-electron chi connectivity index (χ1n) is 8.22. The number of aromatic nitrogens is 2. The fourth-order valence-electron chi connectivity index (χ4n) is 2.66. The second-order valence-corrected chi connectivity index (χ2v) is 6.51. The van der Waals surface area contributed by atoms with Crippen LogP contribution >= 0.6 is 0 Å². The Labute approximate surface area is 147 Å². The van der Waals surface area contributed by atoms with Crippen molar-refractivity contribution in [2.24, 2.45) is 0 Å². The van der Waals surface area contributed by atoms with Crippen LogP contribution in [0.1, 0.15) is 29.9 Å². The Kier molecular flexibility index (Phi) is 4.77. The number of nitrogens with zero attached hydrogens (tertiary/aromatic N) is 4. The van der Waals surface area contributed by atoms with Gasteiger partial charge in [0.15, 0.2) is 0 Å². The standard InChI is InChI=1S/C19H20N4O2/c1-19(2,13-20)15-5-3-14(4-6-15)16-11-21-12-17(22-16)18(24)23-7-9-25-10-8-23/h3-6,11-12H,7-10H2,1-2H3. The predicted octanol–water partition coefficient (Wildman–Crippen LogP) is 2.42. The smallest absolute Gasteiger partial charge is 0.274 e. The van der Waals surface area contributed by atoms with Crippen LogP contribution in [0.5, 0.6) is 0 Å². The van der Waals surface area contributed by atoms with Crippen molar-refractivity contribution in [3.05, 3.63) is 47.9 Å². The lowest BCUT2D eigenvalue weighted by Crippen LogP contribution is -2.41. The maximum absolute atomic E-state index is 12.5. The van der Waals surface area contributed by atoms with Gasteiger partial charge in [-0.3, -0.25) is 9.78 Å². The van der Waals surface area contributed by atoms with Gasteiger partial charge in [0.1, 0.15) is 5.69 Å². The van der Waals surface area contributed by atoms with E-state index in [2.05, 4.69) is 16.0 Å². The average molecular weight is 336 g/mol.